The Morgan fingerprint density at radius 3 is 3.14 bits per heavy atom. The average molecular weight is 306 g/mol. The molecule has 7 heteroatoms. The normalized spacial score (nSPS) is 17.9. The predicted molar refractivity (Wildman–Crippen MR) is 78.8 cm³/mol. The van der Waals surface area contributed by atoms with Crippen molar-refractivity contribution in [1.29, 1.82) is 0 Å². The van der Waals surface area contributed by atoms with E-state index in [9.17, 15) is 9.18 Å². The molecule has 2 heterocycles. The van der Waals surface area contributed by atoms with Gasteiger partial charge in [0.05, 0.1) is 6.04 Å². The van der Waals surface area contributed by atoms with Gasteiger partial charge in [-0.05, 0) is 37.1 Å². The lowest BCUT2D eigenvalue weighted by Crippen LogP contribution is -2.35. The van der Waals surface area contributed by atoms with Gasteiger partial charge in [0.1, 0.15) is 10.8 Å². The zero-order chi connectivity index (χ0) is 14.7. The Hall–Kier alpha value is -1.86. The van der Waals surface area contributed by atoms with Gasteiger partial charge in [0.25, 0.3) is 0 Å². The second-order valence-corrected chi connectivity index (χ2v) is 6.01. The molecule has 21 heavy (non-hydrogen) atoms. The van der Waals surface area contributed by atoms with Crippen LogP contribution in [0.5, 0.6) is 0 Å². The van der Waals surface area contributed by atoms with Gasteiger partial charge in [-0.25, -0.2) is 4.39 Å². The van der Waals surface area contributed by atoms with E-state index in [0.29, 0.717) is 11.6 Å². The molecule has 0 aliphatic carbocycles. The van der Waals surface area contributed by atoms with Gasteiger partial charge in [-0.15, -0.1) is 10.2 Å². The second-order valence-electron chi connectivity index (χ2n) is 4.95. The number of halogens is 1. The Kier molecular flexibility index (Phi) is 4.21. The molecule has 1 unspecified atom stereocenters. The van der Waals surface area contributed by atoms with E-state index in [1.165, 1.54) is 23.5 Å². The van der Waals surface area contributed by atoms with Crippen LogP contribution in [-0.4, -0.2) is 28.7 Å². The van der Waals surface area contributed by atoms with Crippen LogP contribution in [0.25, 0.3) is 0 Å². The summed E-state index contributed by atoms with van der Waals surface area (Å²) in [5.74, 6) is -0.334. The molecule has 1 fully saturated rings. The molecule has 1 aromatic carbocycles. The lowest BCUT2D eigenvalue weighted by atomic mass is 10.1. The van der Waals surface area contributed by atoms with Crippen LogP contribution >= 0.6 is 11.3 Å². The summed E-state index contributed by atoms with van der Waals surface area (Å²) in [6, 6.07) is 6.25. The minimum absolute atomic E-state index is 0.0686. The summed E-state index contributed by atoms with van der Waals surface area (Å²) in [5.41, 5.74) is 0.835. The molecule has 1 aliphatic heterocycles. The van der Waals surface area contributed by atoms with Crippen molar-refractivity contribution in [3.05, 3.63) is 40.7 Å². The van der Waals surface area contributed by atoms with E-state index < -0.39 is 0 Å². The van der Waals surface area contributed by atoms with Crippen molar-refractivity contribution in [3.8, 4) is 0 Å². The largest absolute Gasteiger partial charge is 0.306 e. The summed E-state index contributed by atoms with van der Waals surface area (Å²) in [6.45, 7) is 0.874. The molecule has 0 saturated carbocycles. The molecular formula is C14H15FN4OS. The van der Waals surface area contributed by atoms with Gasteiger partial charge >= 0.3 is 0 Å². The van der Waals surface area contributed by atoms with Crippen LogP contribution in [-0.2, 0) is 11.2 Å². The summed E-state index contributed by atoms with van der Waals surface area (Å²) in [7, 11) is 0. The summed E-state index contributed by atoms with van der Waals surface area (Å²) in [6.07, 6.45) is 2.37. The van der Waals surface area contributed by atoms with Crippen molar-refractivity contribution < 1.29 is 9.18 Å². The number of carbonyl (C=O) groups excluding carboxylic acids is 1. The number of hydrogen-bond donors (Lipinski definition) is 2. The lowest BCUT2D eigenvalue weighted by Gasteiger charge is -2.07. The molecule has 2 N–H and O–H groups in total. The maximum atomic E-state index is 13.1. The Labute approximate surface area is 125 Å². The van der Waals surface area contributed by atoms with E-state index in [0.717, 1.165) is 30.0 Å². The minimum Gasteiger partial charge on any atom is -0.306 e. The number of amides is 1. The van der Waals surface area contributed by atoms with Gasteiger partial charge in [0.2, 0.25) is 11.0 Å². The van der Waals surface area contributed by atoms with Crippen molar-refractivity contribution in [2.24, 2.45) is 0 Å². The van der Waals surface area contributed by atoms with Crippen LogP contribution in [0.15, 0.2) is 24.3 Å². The third-order valence-electron chi connectivity index (χ3n) is 3.32. The molecule has 1 saturated heterocycles. The maximum Gasteiger partial charge on any atom is 0.243 e. The second kappa shape index (κ2) is 6.28. The number of anilines is 1. The average Bonchev–Trinajstić information content (AvgIpc) is 3.10. The zero-order valence-electron chi connectivity index (χ0n) is 11.3. The van der Waals surface area contributed by atoms with Crippen LogP contribution in [0.3, 0.4) is 0 Å². The van der Waals surface area contributed by atoms with Gasteiger partial charge in [0.15, 0.2) is 0 Å². The Morgan fingerprint density at radius 2 is 2.38 bits per heavy atom. The van der Waals surface area contributed by atoms with Crippen LogP contribution in [0, 0.1) is 5.82 Å². The van der Waals surface area contributed by atoms with E-state index in [-0.39, 0.29) is 17.8 Å². The number of benzene rings is 1. The topological polar surface area (TPSA) is 66.9 Å². The first kappa shape index (κ1) is 14.1. The zero-order valence-corrected chi connectivity index (χ0v) is 12.1. The van der Waals surface area contributed by atoms with Crippen LogP contribution in [0.2, 0.25) is 0 Å². The fraction of sp³-hybridized carbons (Fsp3) is 0.357. The maximum absolute atomic E-state index is 13.1. The Balaban J connectivity index is 1.62. The van der Waals surface area contributed by atoms with Crippen molar-refractivity contribution in [2.75, 3.05) is 11.9 Å². The van der Waals surface area contributed by atoms with Gasteiger partial charge in [-0.1, -0.05) is 23.5 Å². The number of hydrogen-bond acceptors (Lipinski definition) is 5. The summed E-state index contributed by atoms with van der Waals surface area (Å²) in [4.78, 5) is 11.9. The monoisotopic (exact) mass is 306 g/mol. The van der Waals surface area contributed by atoms with E-state index in [1.54, 1.807) is 6.07 Å². The molecule has 0 bridgehead atoms. The highest BCUT2D eigenvalue weighted by atomic mass is 32.1. The first-order valence-electron chi connectivity index (χ1n) is 6.82. The van der Waals surface area contributed by atoms with Crippen molar-refractivity contribution in [2.45, 2.75) is 25.3 Å². The van der Waals surface area contributed by atoms with Crippen molar-refractivity contribution in [1.82, 2.24) is 15.5 Å². The van der Waals surface area contributed by atoms with Crippen LogP contribution in [0.4, 0.5) is 9.52 Å². The SMILES string of the molecule is O=C(Nc1nnc(Cc2cccc(F)c2)s1)C1CCCN1. The number of nitrogens with one attached hydrogen (secondary N) is 2. The Bertz CT molecular complexity index is 639. The molecule has 1 atom stereocenters. The molecule has 3 rings (SSSR count). The summed E-state index contributed by atoms with van der Waals surface area (Å²) in [5, 5.41) is 15.1. The predicted octanol–water partition coefficient (Wildman–Crippen LogP) is 1.96. The molecule has 0 radical (unpaired) electrons. The summed E-state index contributed by atoms with van der Waals surface area (Å²) < 4.78 is 13.1. The Morgan fingerprint density at radius 1 is 1.48 bits per heavy atom. The smallest absolute Gasteiger partial charge is 0.243 e. The number of carbonyl (C=O) groups is 1. The number of rotatable bonds is 4. The highest BCUT2D eigenvalue weighted by Gasteiger charge is 2.22. The molecule has 110 valence electrons. The number of aromatic nitrogens is 2. The van der Waals surface area contributed by atoms with Crippen molar-refractivity contribution in [3.63, 3.8) is 0 Å². The summed E-state index contributed by atoms with van der Waals surface area (Å²) >= 11 is 1.32. The quantitative estimate of drug-likeness (QED) is 0.906. The fourth-order valence-electron chi connectivity index (χ4n) is 2.30. The standard InChI is InChI=1S/C14H15FN4OS/c15-10-4-1-3-9(7-10)8-12-18-19-14(21-12)17-13(20)11-5-2-6-16-11/h1,3-4,7,11,16H,2,5-6,8H2,(H,17,19,20). The van der Waals surface area contributed by atoms with Gasteiger partial charge in [-0.3, -0.25) is 10.1 Å². The molecule has 5 nitrogen and oxygen atoms in total. The van der Waals surface area contributed by atoms with Gasteiger partial charge in [-0.2, -0.15) is 0 Å². The van der Waals surface area contributed by atoms with E-state index in [1.807, 2.05) is 6.07 Å². The molecular weight excluding hydrogens is 291 g/mol. The van der Waals surface area contributed by atoms with E-state index in [4.69, 9.17) is 0 Å². The third kappa shape index (κ3) is 3.62. The fourth-order valence-corrected chi connectivity index (χ4v) is 3.07. The molecule has 0 spiro atoms. The first-order chi connectivity index (χ1) is 10.2. The van der Waals surface area contributed by atoms with Crippen molar-refractivity contribution >= 4 is 22.4 Å². The van der Waals surface area contributed by atoms with Gasteiger partial charge < -0.3 is 5.32 Å². The minimum atomic E-state index is -0.266. The molecule has 2 aromatic rings. The first-order valence-corrected chi connectivity index (χ1v) is 7.63. The lowest BCUT2D eigenvalue weighted by molar-refractivity contribution is -0.117. The third-order valence-corrected chi connectivity index (χ3v) is 4.16. The van der Waals surface area contributed by atoms with E-state index >= 15 is 0 Å². The molecule has 1 aromatic heterocycles. The van der Waals surface area contributed by atoms with Crippen LogP contribution in [0.1, 0.15) is 23.4 Å². The van der Waals surface area contributed by atoms with Gasteiger partial charge in [0, 0.05) is 6.42 Å². The highest BCUT2D eigenvalue weighted by molar-refractivity contribution is 7.15. The highest BCUT2D eigenvalue weighted by Crippen LogP contribution is 2.19. The van der Waals surface area contributed by atoms with E-state index in [2.05, 4.69) is 20.8 Å². The number of nitrogens with zero attached hydrogens (tertiary/aromatic N) is 2. The molecule has 1 amide bonds. The molecule has 1 aliphatic rings. The van der Waals surface area contributed by atoms with Crippen LogP contribution < -0.4 is 10.6 Å².